The summed E-state index contributed by atoms with van der Waals surface area (Å²) in [4.78, 5) is 0. The largest absolute Gasteiger partial charge is 0.497 e. The molecule has 0 bridgehead atoms. The fraction of sp³-hybridized carbons (Fsp3) is 0.482. The van der Waals surface area contributed by atoms with E-state index in [0.717, 1.165) is 95.5 Å². The predicted octanol–water partition coefficient (Wildman–Crippen LogP) is 25.8. The minimum absolute atomic E-state index is 0. The lowest BCUT2D eigenvalue weighted by molar-refractivity contribution is -0.158. The summed E-state index contributed by atoms with van der Waals surface area (Å²) in [6, 6.07) is 60.5. The summed E-state index contributed by atoms with van der Waals surface area (Å²) in [6.07, 6.45) is 9.13. The Balaban J connectivity index is 0.00000101. The highest BCUT2D eigenvalue weighted by molar-refractivity contribution is 6.31. The number of benzene rings is 7. The van der Waals surface area contributed by atoms with Crippen LogP contribution >= 0.6 is 23.2 Å². The molecule has 0 saturated heterocycles. The van der Waals surface area contributed by atoms with E-state index >= 15 is 0 Å². The first-order chi connectivity index (χ1) is 41.9. The summed E-state index contributed by atoms with van der Waals surface area (Å²) >= 11 is 11.8. The van der Waals surface area contributed by atoms with Gasteiger partial charge < -0.3 is 9.47 Å². The van der Waals surface area contributed by atoms with Gasteiger partial charge in [0.15, 0.2) is 0 Å². The number of hydrogen-bond acceptors (Lipinski definition) is 3. The molecule has 1 saturated carbocycles. The van der Waals surface area contributed by atoms with Gasteiger partial charge in [-0.3, -0.25) is 0 Å². The molecule has 0 N–H and O–H groups in total. The fourth-order valence-electron chi connectivity index (χ4n) is 9.33. The Hall–Kier alpha value is -5.93. The Kier molecular flexibility index (Phi) is 44.8. The van der Waals surface area contributed by atoms with Crippen molar-refractivity contribution in [3.05, 3.63) is 236 Å². The number of aryl methyl sites for hydroxylation is 1. The van der Waals surface area contributed by atoms with Gasteiger partial charge in [-0.25, -0.2) is 0 Å². The molecule has 0 heterocycles. The van der Waals surface area contributed by atoms with Gasteiger partial charge in [0, 0.05) is 17.0 Å². The summed E-state index contributed by atoms with van der Waals surface area (Å²) in [7, 11) is 1.69. The molecule has 0 amide bonds. The van der Waals surface area contributed by atoms with Gasteiger partial charge in [0.1, 0.15) is 11.5 Å². The second-order valence-corrected chi connectivity index (χ2v) is 28.0. The number of ether oxygens (including phenoxy) is 2. The van der Waals surface area contributed by atoms with E-state index in [1.165, 1.54) is 71.0 Å². The molecular formula is C83H119Cl2F2NO2. The van der Waals surface area contributed by atoms with Gasteiger partial charge in [0.25, 0.3) is 0 Å². The molecule has 90 heavy (non-hydrogen) atoms. The Morgan fingerprint density at radius 2 is 0.800 bits per heavy atom. The number of alkyl halides is 2. The molecule has 0 aromatic heterocycles. The standard InChI is InChI=1S/C12H16F2O.C11H13N.C11H16O.C11H16.2C10H13Cl.C10H14.C7H14.CH4/c1-9(2)8-10-4-6-11(7-5-10)15-12(3,13)14;1-9(2)7-10-3-5-11(8-12)6-4-10;1-9(2)8-10-4-6-11(12-3)7-5-10;1-9(2)8-11-6-4-10(3)5-7-11;1-8(2)6-9-4-3-5-10(11)7-9;1-8(2)7-9-5-3-4-6-10(9)11;1-9(2)8-10-6-4-3-5-7-10;1-6(2)5-7-3-4-7;/h4-7,9H,8H2,1-3H3;3-6,9H,7H2,1-2H3;4-7,9H,8H2,1-3H3;4-7,9H,8H2,1-3H3;3-5,7-8H,6H2,1-2H3;3-6,8H,7H2,1-2H3;3-7,9H,8H2,1-2H3;6-7H,3-5H2,1-2H3;1H4. The number of rotatable bonds is 19. The monoisotopic (exact) mass is 1270 g/mol. The van der Waals surface area contributed by atoms with Crippen LogP contribution in [0.25, 0.3) is 0 Å². The van der Waals surface area contributed by atoms with Gasteiger partial charge in [-0.1, -0.05) is 281 Å². The SMILES string of the molecule is C.CC(C)CC1CC1.CC(C)Cc1ccc(C#N)cc1.CC(C)Cc1ccc(OC(C)(F)F)cc1.CC(C)Cc1cccc(Cl)c1.CC(C)Cc1ccccc1.CC(C)Cc1ccccc1Cl.COc1ccc(CC(C)C)cc1.Cc1ccc(CC(C)C)cc1. The van der Waals surface area contributed by atoms with Crippen molar-refractivity contribution in [1.82, 2.24) is 0 Å². The van der Waals surface area contributed by atoms with Crippen molar-refractivity contribution in [3.8, 4) is 17.6 Å². The summed E-state index contributed by atoms with van der Waals surface area (Å²) in [5, 5.41) is 10.3. The summed E-state index contributed by atoms with van der Waals surface area (Å²) in [6.45, 7) is 38.3. The number of hydrogen-bond donors (Lipinski definition) is 0. The molecule has 7 aromatic rings. The van der Waals surface area contributed by atoms with Crippen molar-refractivity contribution >= 4 is 23.2 Å². The van der Waals surface area contributed by atoms with Gasteiger partial charge >= 0.3 is 6.11 Å². The summed E-state index contributed by atoms with van der Waals surface area (Å²) < 4.78 is 34.5. The van der Waals surface area contributed by atoms with E-state index in [1.807, 2.05) is 84.9 Å². The molecule has 0 spiro atoms. The second-order valence-electron chi connectivity index (χ2n) is 27.2. The van der Waals surface area contributed by atoms with Crippen molar-refractivity contribution in [1.29, 1.82) is 5.26 Å². The highest BCUT2D eigenvalue weighted by Gasteiger charge is 2.23. The molecule has 7 heteroatoms. The van der Waals surface area contributed by atoms with Crippen LogP contribution < -0.4 is 9.47 Å². The topological polar surface area (TPSA) is 42.2 Å². The normalized spacial score (nSPS) is 11.3. The Labute approximate surface area is 559 Å². The molecule has 3 nitrogen and oxygen atoms in total. The molecule has 1 fully saturated rings. The molecule has 1 aliphatic rings. The average molecular weight is 1270 g/mol. The van der Waals surface area contributed by atoms with Crippen LogP contribution in [-0.4, -0.2) is 13.2 Å². The van der Waals surface area contributed by atoms with E-state index in [0.29, 0.717) is 23.7 Å². The molecule has 0 unspecified atom stereocenters. The highest BCUT2D eigenvalue weighted by atomic mass is 35.5. The number of methoxy groups -OCH3 is 1. The van der Waals surface area contributed by atoms with Gasteiger partial charge in [-0.2, -0.15) is 14.0 Å². The smallest absolute Gasteiger partial charge is 0.394 e. The van der Waals surface area contributed by atoms with Crippen molar-refractivity contribution in [2.45, 2.75) is 202 Å². The van der Waals surface area contributed by atoms with Crippen LogP contribution in [0.1, 0.15) is 194 Å². The molecule has 0 aliphatic heterocycles. The molecular weight excluding hydrogens is 1150 g/mol. The minimum atomic E-state index is -3.11. The second kappa shape index (κ2) is 47.9. The first-order valence-corrected chi connectivity index (χ1v) is 33.6. The third kappa shape index (κ3) is 47.1. The lowest BCUT2D eigenvalue weighted by Gasteiger charge is -2.13. The maximum atomic E-state index is 12.5. The van der Waals surface area contributed by atoms with Crippen LogP contribution in [0.3, 0.4) is 0 Å². The average Bonchev–Trinajstić information content (AvgIpc) is 4.47. The number of nitrogens with zero attached hydrogens (tertiary/aromatic N) is 1. The van der Waals surface area contributed by atoms with E-state index in [4.69, 9.17) is 33.2 Å². The fourth-order valence-corrected chi connectivity index (χ4v) is 9.76. The third-order valence-electron chi connectivity index (χ3n) is 13.3. The molecule has 0 atom stereocenters. The molecule has 7 aromatic carbocycles. The van der Waals surface area contributed by atoms with Gasteiger partial charge in [0.2, 0.25) is 0 Å². The quantitative estimate of drug-likeness (QED) is 0.0810. The molecule has 1 aliphatic carbocycles. The van der Waals surface area contributed by atoms with Crippen molar-refractivity contribution in [2.24, 2.45) is 53.3 Å². The van der Waals surface area contributed by atoms with Crippen LogP contribution in [-0.2, 0) is 44.9 Å². The van der Waals surface area contributed by atoms with E-state index in [2.05, 4.69) is 207 Å². The van der Waals surface area contributed by atoms with Crippen molar-refractivity contribution < 1.29 is 18.3 Å². The van der Waals surface area contributed by atoms with Gasteiger partial charge in [0.05, 0.1) is 18.7 Å². The lowest BCUT2D eigenvalue weighted by Crippen LogP contribution is -2.18. The summed E-state index contributed by atoms with van der Waals surface area (Å²) in [5.41, 5.74) is 11.4. The van der Waals surface area contributed by atoms with Crippen LogP contribution in [0.2, 0.25) is 10.0 Å². The zero-order chi connectivity index (χ0) is 66.9. The zero-order valence-corrected chi connectivity index (χ0v) is 59.8. The number of nitriles is 1. The van der Waals surface area contributed by atoms with Gasteiger partial charge in [-0.05, 0) is 205 Å². The maximum absolute atomic E-state index is 12.5. The van der Waals surface area contributed by atoms with E-state index in [9.17, 15) is 8.78 Å². The molecule has 0 radical (unpaired) electrons. The van der Waals surface area contributed by atoms with E-state index in [-0.39, 0.29) is 13.2 Å². The maximum Gasteiger partial charge on any atom is 0.394 e. The number of halogens is 4. The molecule has 8 rings (SSSR count). The minimum Gasteiger partial charge on any atom is -0.497 e. The lowest BCUT2D eigenvalue weighted by atomic mass is 10.0. The van der Waals surface area contributed by atoms with Crippen LogP contribution in [0.15, 0.2) is 176 Å². The van der Waals surface area contributed by atoms with Crippen LogP contribution in [0.4, 0.5) is 8.78 Å². The zero-order valence-electron chi connectivity index (χ0n) is 58.3. The Morgan fingerprint density at radius 1 is 0.444 bits per heavy atom. The molecule has 496 valence electrons. The highest BCUT2D eigenvalue weighted by Crippen LogP contribution is 2.35. The van der Waals surface area contributed by atoms with E-state index in [1.54, 1.807) is 19.2 Å². The summed E-state index contributed by atoms with van der Waals surface area (Å²) in [5.74, 6) is 8.06. The third-order valence-corrected chi connectivity index (χ3v) is 13.9. The first kappa shape index (κ1) is 84.1. The van der Waals surface area contributed by atoms with Gasteiger partial charge in [-0.15, -0.1) is 0 Å². The van der Waals surface area contributed by atoms with Crippen LogP contribution in [0.5, 0.6) is 11.5 Å². The van der Waals surface area contributed by atoms with Crippen molar-refractivity contribution in [3.63, 3.8) is 0 Å². The van der Waals surface area contributed by atoms with Crippen LogP contribution in [0, 0.1) is 71.5 Å². The Bertz CT molecular complexity index is 2880. The Morgan fingerprint density at radius 3 is 1.14 bits per heavy atom. The first-order valence-electron chi connectivity index (χ1n) is 32.8. The van der Waals surface area contributed by atoms with E-state index < -0.39 is 6.11 Å². The van der Waals surface area contributed by atoms with Crippen molar-refractivity contribution in [2.75, 3.05) is 7.11 Å². The predicted molar refractivity (Wildman–Crippen MR) is 391 cm³/mol.